The summed E-state index contributed by atoms with van der Waals surface area (Å²) in [6.07, 6.45) is 5.20. The second kappa shape index (κ2) is 12.8. The molecule has 2 fully saturated rings. The van der Waals surface area contributed by atoms with Crippen molar-refractivity contribution in [3.8, 4) is 28.0 Å². The molecule has 258 valence electrons. The molecule has 0 unspecified atom stereocenters. The highest BCUT2D eigenvalue weighted by molar-refractivity contribution is 6.02. The zero-order valence-electron chi connectivity index (χ0n) is 28.2. The topological polar surface area (TPSA) is 102 Å². The molecule has 1 amide bonds. The third kappa shape index (κ3) is 6.74. The number of hydrogen-bond acceptors (Lipinski definition) is 8. The van der Waals surface area contributed by atoms with E-state index in [1.807, 2.05) is 33.8 Å². The molecular weight excluding hydrogens is 645 g/mol. The maximum atomic E-state index is 15.7. The molecule has 7 rings (SSSR count). The fraction of sp³-hybridized carbons (Fsp3) is 0.316. The Bertz CT molecular complexity index is 2080. The van der Waals surface area contributed by atoms with Gasteiger partial charge in [-0.3, -0.25) is 4.98 Å². The minimum Gasteiger partial charge on any atom is -0.494 e. The van der Waals surface area contributed by atoms with Gasteiger partial charge in [-0.25, -0.2) is 27.9 Å². The molecule has 0 radical (unpaired) electrons. The zero-order chi connectivity index (χ0) is 35.2. The van der Waals surface area contributed by atoms with Gasteiger partial charge in [0.1, 0.15) is 40.4 Å². The molecule has 4 heterocycles. The molecule has 9 nitrogen and oxygen atoms in total. The van der Waals surface area contributed by atoms with E-state index < -0.39 is 29.1 Å². The van der Waals surface area contributed by atoms with Crippen LogP contribution < -0.4 is 20.3 Å². The van der Waals surface area contributed by atoms with Crippen LogP contribution in [0.2, 0.25) is 0 Å². The second-order valence-electron chi connectivity index (χ2n) is 13.8. The number of anilines is 3. The normalized spacial score (nSPS) is 16.5. The molecule has 1 saturated carbocycles. The molecule has 3 aromatic heterocycles. The van der Waals surface area contributed by atoms with Crippen molar-refractivity contribution in [2.24, 2.45) is 5.41 Å². The first-order valence-electron chi connectivity index (χ1n) is 16.6. The molecule has 2 aromatic carbocycles. The third-order valence-corrected chi connectivity index (χ3v) is 9.08. The minimum atomic E-state index is -0.653. The lowest BCUT2D eigenvalue weighted by Crippen LogP contribution is -2.44. The van der Waals surface area contributed by atoms with Crippen LogP contribution in [-0.4, -0.2) is 52.4 Å². The molecule has 1 atom stereocenters. The van der Waals surface area contributed by atoms with Crippen molar-refractivity contribution in [1.29, 1.82) is 0 Å². The van der Waals surface area contributed by atoms with Crippen molar-refractivity contribution >= 4 is 34.3 Å². The van der Waals surface area contributed by atoms with E-state index in [0.717, 1.165) is 25.2 Å². The summed E-state index contributed by atoms with van der Waals surface area (Å²) in [5.41, 5.74) is 2.18. The highest BCUT2D eigenvalue weighted by Crippen LogP contribution is 2.55. The van der Waals surface area contributed by atoms with Gasteiger partial charge in [0.05, 0.1) is 36.2 Å². The van der Waals surface area contributed by atoms with E-state index in [0.29, 0.717) is 70.4 Å². The molecule has 0 bridgehead atoms. The minimum absolute atomic E-state index is 0.167. The quantitative estimate of drug-likeness (QED) is 0.168. The molecule has 1 aliphatic heterocycles. The van der Waals surface area contributed by atoms with Gasteiger partial charge >= 0.3 is 6.09 Å². The highest BCUT2D eigenvalue weighted by Gasteiger charge is 2.56. The van der Waals surface area contributed by atoms with E-state index in [-0.39, 0.29) is 17.0 Å². The van der Waals surface area contributed by atoms with Crippen LogP contribution in [0.3, 0.4) is 0 Å². The van der Waals surface area contributed by atoms with Crippen molar-refractivity contribution < 1.29 is 27.4 Å². The highest BCUT2D eigenvalue weighted by atomic mass is 19.1. The number of nitrogens with one attached hydrogen (secondary N) is 2. The van der Waals surface area contributed by atoms with E-state index in [4.69, 9.17) is 14.5 Å². The number of nitrogens with zero attached hydrogens (tertiary/aromatic N) is 4. The Morgan fingerprint density at radius 2 is 1.70 bits per heavy atom. The van der Waals surface area contributed by atoms with Crippen LogP contribution in [0.25, 0.3) is 33.2 Å². The molecule has 2 N–H and O–H groups in total. The number of fused-ring (bicyclic) bond motifs is 1. The van der Waals surface area contributed by atoms with Crippen molar-refractivity contribution in [2.45, 2.75) is 52.2 Å². The summed E-state index contributed by atoms with van der Waals surface area (Å²) in [5.74, 6) is -0.300. The van der Waals surface area contributed by atoms with Crippen LogP contribution in [-0.2, 0) is 4.74 Å². The Morgan fingerprint density at radius 1 is 0.900 bits per heavy atom. The predicted molar refractivity (Wildman–Crippen MR) is 186 cm³/mol. The Hall–Kier alpha value is -5.39. The van der Waals surface area contributed by atoms with Crippen molar-refractivity contribution in [3.63, 3.8) is 0 Å². The average Bonchev–Trinajstić information content (AvgIpc) is 3.77. The predicted octanol–water partition coefficient (Wildman–Crippen LogP) is 8.41. The van der Waals surface area contributed by atoms with Crippen LogP contribution in [0.4, 0.5) is 35.3 Å². The van der Waals surface area contributed by atoms with Gasteiger partial charge < -0.3 is 25.0 Å². The van der Waals surface area contributed by atoms with Gasteiger partial charge in [0.15, 0.2) is 0 Å². The largest absolute Gasteiger partial charge is 0.494 e. The number of aromatic nitrogens is 3. The fourth-order valence-corrected chi connectivity index (χ4v) is 6.62. The monoisotopic (exact) mass is 682 g/mol. The van der Waals surface area contributed by atoms with Gasteiger partial charge in [-0.2, -0.15) is 0 Å². The number of amides is 1. The smallest absolute Gasteiger partial charge is 0.407 e. The standard InChI is InChI=1S/C38H37F3N6O3/c1-5-49-24-8-9-29(40)26(15-24)28-18-42-31-10-6-22(25-16-34(44-19-30(25)41)46-33-11-7-23(39)17-43-33)14-27(31)35(28)47-20-32(38(21-47)12-13-38)45-36(48)50-37(2,3)4/h6-11,14-19,32H,5,12-13,20-21H2,1-4H3,(H,45,48)(H,43,44,46)/t32-/m1/s1. The molecule has 12 heteroatoms. The zero-order valence-corrected chi connectivity index (χ0v) is 28.2. The first-order valence-corrected chi connectivity index (χ1v) is 16.6. The summed E-state index contributed by atoms with van der Waals surface area (Å²) >= 11 is 0. The van der Waals surface area contributed by atoms with Gasteiger partial charge in [-0.1, -0.05) is 6.07 Å². The van der Waals surface area contributed by atoms with Crippen molar-refractivity contribution in [2.75, 3.05) is 29.9 Å². The Kier molecular flexibility index (Phi) is 8.49. The van der Waals surface area contributed by atoms with Crippen LogP contribution in [0.15, 0.2) is 73.2 Å². The molecule has 50 heavy (non-hydrogen) atoms. The Morgan fingerprint density at radius 3 is 2.42 bits per heavy atom. The summed E-state index contributed by atoms with van der Waals surface area (Å²) in [7, 11) is 0. The summed E-state index contributed by atoms with van der Waals surface area (Å²) in [4.78, 5) is 28.0. The van der Waals surface area contributed by atoms with Crippen molar-refractivity contribution in [3.05, 3.63) is 90.6 Å². The number of rotatable bonds is 8. The lowest BCUT2D eigenvalue weighted by atomic mass is 9.97. The van der Waals surface area contributed by atoms with E-state index >= 15 is 8.78 Å². The van der Waals surface area contributed by atoms with Crippen LogP contribution in [0, 0.1) is 22.9 Å². The lowest BCUT2D eigenvalue weighted by molar-refractivity contribution is 0.0493. The summed E-state index contributed by atoms with van der Waals surface area (Å²) < 4.78 is 55.9. The molecule has 1 saturated heterocycles. The van der Waals surface area contributed by atoms with Crippen LogP contribution in [0.5, 0.6) is 5.75 Å². The number of carbonyl (C=O) groups excluding carboxylic acids is 1. The Labute approximate surface area is 287 Å². The number of alkyl carbamates (subject to hydrolysis) is 1. The van der Waals surface area contributed by atoms with Crippen LogP contribution >= 0.6 is 0 Å². The molecule has 2 aliphatic rings. The van der Waals surface area contributed by atoms with Crippen LogP contribution in [0.1, 0.15) is 40.5 Å². The SMILES string of the molecule is CCOc1ccc(F)c(-c2cnc3ccc(-c4cc(Nc5ccc(F)cn5)ncc4F)cc3c2N2C[C@@H](NC(=O)OC(C)(C)C)C3(CC3)C2)c1. The van der Waals surface area contributed by atoms with Gasteiger partial charge in [-0.05, 0) is 94.6 Å². The van der Waals surface area contributed by atoms with E-state index in [9.17, 15) is 9.18 Å². The molecule has 1 aliphatic carbocycles. The van der Waals surface area contributed by atoms with E-state index in [1.54, 1.807) is 36.5 Å². The number of hydrogen-bond donors (Lipinski definition) is 2. The van der Waals surface area contributed by atoms with Gasteiger partial charge in [0, 0.05) is 46.8 Å². The van der Waals surface area contributed by atoms with E-state index in [2.05, 4.69) is 25.5 Å². The average molecular weight is 683 g/mol. The third-order valence-electron chi connectivity index (χ3n) is 9.08. The number of ether oxygens (including phenoxy) is 2. The number of halogens is 3. The number of carbonyl (C=O) groups is 1. The first kappa shape index (κ1) is 33.1. The Balaban J connectivity index is 1.34. The molecule has 1 spiro atoms. The van der Waals surface area contributed by atoms with Gasteiger partial charge in [-0.15, -0.1) is 0 Å². The lowest BCUT2D eigenvalue weighted by Gasteiger charge is -2.25. The van der Waals surface area contributed by atoms with Gasteiger partial charge in [0.25, 0.3) is 0 Å². The maximum Gasteiger partial charge on any atom is 0.407 e. The number of pyridine rings is 3. The van der Waals surface area contributed by atoms with Crippen molar-refractivity contribution in [1.82, 2.24) is 20.3 Å². The fourth-order valence-electron chi connectivity index (χ4n) is 6.62. The maximum absolute atomic E-state index is 15.7. The number of benzene rings is 2. The van der Waals surface area contributed by atoms with Gasteiger partial charge in [0.2, 0.25) is 0 Å². The molecule has 5 aromatic rings. The first-order chi connectivity index (χ1) is 23.9. The second-order valence-corrected chi connectivity index (χ2v) is 13.8. The summed E-state index contributed by atoms with van der Waals surface area (Å²) in [6, 6.07) is 14.1. The summed E-state index contributed by atoms with van der Waals surface area (Å²) in [5, 5.41) is 6.78. The van der Waals surface area contributed by atoms with E-state index in [1.165, 1.54) is 18.2 Å². The summed E-state index contributed by atoms with van der Waals surface area (Å²) in [6.45, 7) is 8.80. The molecular formula is C38H37F3N6O3.